The second-order valence-electron chi connectivity index (χ2n) is 3.80. The molecule has 1 aromatic rings. The van der Waals surface area contributed by atoms with Crippen molar-refractivity contribution in [2.24, 2.45) is 0 Å². The lowest BCUT2D eigenvalue weighted by Gasteiger charge is -2.09. The largest absolute Gasteiger partial charge is 0.399 e. The van der Waals surface area contributed by atoms with Gasteiger partial charge in [0, 0.05) is 18.0 Å². The smallest absolute Gasteiger partial charge is 0.243 e. The van der Waals surface area contributed by atoms with Gasteiger partial charge in [-0.15, -0.1) is 18.2 Å². The van der Waals surface area contributed by atoms with Gasteiger partial charge in [-0.1, -0.05) is 5.92 Å². The Labute approximate surface area is 117 Å². The lowest BCUT2D eigenvalue weighted by atomic mass is 10.2. The van der Waals surface area contributed by atoms with Gasteiger partial charge in [-0.3, -0.25) is 0 Å². The number of anilines is 1. The molecule has 0 spiro atoms. The number of sulfonamides is 1. The number of nitrogens with one attached hydrogen (secondary N) is 1. The van der Waals surface area contributed by atoms with Crippen molar-refractivity contribution in [3.05, 3.63) is 23.5 Å². The minimum Gasteiger partial charge on any atom is -0.399 e. The van der Waals surface area contributed by atoms with E-state index in [2.05, 4.69) is 10.6 Å². The summed E-state index contributed by atoms with van der Waals surface area (Å²) in [6, 6.07) is 2.50. The van der Waals surface area contributed by atoms with E-state index in [9.17, 15) is 12.8 Å². The summed E-state index contributed by atoms with van der Waals surface area (Å²) < 4.78 is 40.0. The molecule has 0 saturated carbocycles. The summed E-state index contributed by atoms with van der Waals surface area (Å²) in [4.78, 5) is -0.424. The van der Waals surface area contributed by atoms with Gasteiger partial charge in [0.15, 0.2) is 0 Å². The summed E-state index contributed by atoms with van der Waals surface area (Å²) in [5, 5.41) is 0. The molecule has 7 heteroatoms. The molecule has 0 amide bonds. The number of rotatable bonds is 6. The van der Waals surface area contributed by atoms with Crippen LogP contribution in [0.5, 0.6) is 0 Å². The first-order valence-electron chi connectivity index (χ1n) is 5.45. The van der Waals surface area contributed by atoms with Crippen LogP contribution in [0.25, 0.3) is 0 Å². The highest BCUT2D eigenvalue weighted by Crippen LogP contribution is 2.21. The molecule has 0 aliphatic heterocycles. The maximum Gasteiger partial charge on any atom is 0.243 e. The first kappa shape index (κ1) is 15.8. The summed E-state index contributed by atoms with van der Waals surface area (Å²) in [5.41, 5.74) is 5.94. The van der Waals surface area contributed by atoms with E-state index in [0.29, 0.717) is 11.5 Å². The second kappa shape index (κ2) is 6.80. The minimum atomic E-state index is -3.89. The summed E-state index contributed by atoms with van der Waals surface area (Å²) in [7, 11) is -3.89. The normalized spacial score (nSPS) is 11.2. The Kier molecular flexibility index (Phi) is 5.66. The monoisotopic (exact) mass is 302 g/mol. The SMILES string of the molecule is C#CCSCCNS(=O)(=O)c1cc(N)cc(C)c1F. The number of hydrogen-bond donors (Lipinski definition) is 2. The molecule has 1 aromatic carbocycles. The van der Waals surface area contributed by atoms with Crippen LogP contribution in [0.1, 0.15) is 5.56 Å². The predicted octanol–water partition coefficient (Wildman–Crippen LogP) is 1.36. The number of aryl methyl sites for hydroxylation is 1. The topological polar surface area (TPSA) is 72.2 Å². The van der Waals surface area contributed by atoms with Crippen molar-refractivity contribution in [2.75, 3.05) is 23.8 Å². The molecule has 1 rings (SSSR count). The standard InChI is InChI=1S/C12H15FN2O2S2/c1-3-5-18-6-4-15-19(16,17)11-8-10(14)7-9(2)12(11)13/h1,7-8,15H,4-6,14H2,2H3. The highest BCUT2D eigenvalue weighted by atomic mass is 32.2. The summed E-state index contributed by atoms with van der Waals surface area (Å²) in [6.45, 7) is 1.65. The fraction of sp³-hybridized carbons (Fsp3) is 0.333. The summed E-state index contributed by atoms with van der Waals surface area (Å²) >= 11 is 1.42. The van der Waals surface area contributed by atoms with E-state index in [4.69, 9.17) is 12.2 Å². The lowest BCUT2D eigenvalue weighted by molar-refractivity contribution is 0.555. The highest BCUT2D eigenvalue weighted by molar-refractivity contribution is 7.99. The third-order valence-corrected chi connectivity index (χ3v) is 4.58. The number of halogens is 1. The van der Waals surface area contributed by atoms with Crippen LogP contribution in [-0.4, -0.2) is 26.5 Å². The number of benzene rings is 1. The van der Waals surface area contributed by atoms with Gasteiger partial charge in [0.25, 0.3) is 0 Å². The fourth-order valence-electron chi connectivity index (χ4n) is 1.42. The van der Waals surface area contributed by atoms with Crippen LogP contribution >= 0.6 is 11.8 Å². The molecule has 0 bridgehead atoms. The predicted molar refractivity (Wildman–Crippen MR) is 76.9 cm³/mol. The Morgan fingerprint density at radius 2 is 2.21 bits per heavy atom. The molecule has 0 aliphatic carbocycles. The zero-order valence-corrected chi connectivity index (χ0v) is 12.1. The maximum absolute atomic E-state index is 13.8. The molecule has 104 valence electrons. The van der Waals surface area contributed by atoms with E-state index >= 15 is 0 Å². The molecule has 19 heavy (non-hydrogen) atoms. The number of hydrogen-bond acceptors (Lipinski definition) is 4. The first-order valence-corrected chi connectivity index (χ1v) is 8.08. The van der Waals surface area contributed by atoms with Crippen LogP contribution in [0.4, 0.5) is 10.1 Å². The van der Waals surface area contributed by atoms with Gasteiger partial charge in [0.05, 0.1) is 5.75 Å². The van der Waals surface area contributed by atoms with Crippen LogP contribution < -0.4 is 10.5 Å². The van der Waals surface area contributed by atoms with Gasteiger partial charge in [-0.25, -0.2) is 17.5 Å². The molecule has 0 atom stereocenters. The quantitative estimate of drug-likeness (QED) is 0.473. The summed E-state index contributed by atoms with van der Waals surface area (Å²) in [6.07, 6.45) is 5.07. The van der Waals surface area contributed by atoms with E-state index in [-0.39, 0.29) is 17.8 Å². The maximum atomic E-state index is 13.8. The van der Waals surface area contributed by atoms with Gasteiger partial charge >= 0.3 is 0 Å². The molecule has 0 heterocycles. The Morgan fingerprint density at radius 3 is 2.84 bits per heavy atom. The van der Waals surface area contributed by atoms with E-state index in [1.165, 1.54) is 24.8 Å². The molecular weight excluding hydrogens is 287 g/mol. The molecule has 0 aromatic heterocycles. The van der Waals surface area contributed by atoms with E-state index in [1.807, 2.05) is 0 Å². The van der Waals surface area contributed by atoms with Crippen molar-refractivity contribution < 1.29 is 12.8 Å². The average Bonchev–Trinajstić information content (AvgIpc) is 2.33. The van der Waals surface area contributed by atoms with Crippen LogP contribution in [0.3, 0.4) is 0 Å². The Balaban J connectivity index is 2.81. The van der Waals surface area contributed by atoms with Crippen LogP contribution in [0.2, 0.25) is 0 Å². The first-order chi connectivity index (χ1) is 8.88. The Morgan fingerprint density at radius 1 is 1.53 bits per heavy atom. The van der Waals surface area contributed by atoms with Gasteiger partial charge in [-0.2, -0.15) is 0 Å². The lowest BCUT2D eigenvalue weighted by Crippen LogP contribution is -2.27. The third-order valence-electron chi connectivity index (χ3n) is 2.26. The Hall–Kier alpha value is -1.23. The van der Waals surface area contributed by atoms with Crippen molar-refractivity contribution in [3.8, 4) is 12.3 Å². The molecule has 0 saturated heterocycles. The van der Waals surface area contributed by atoms with Crippen LogP contribution in [-0.2, 0) is 10.0 Å². The van der Waals surface area contributed by atoms with Gasteiger partial charge < -0.3 is 5.73 Å². The van der Waals surface area contributed by atoms with Gasteiger partial charge in [0.1, 0.15) is 10.7 Å². The molecule has 4 nitrogen and oxygen atoms in total. The molecule has 0 aliphatic rings. The van der Waals surface area contributed by atoms with Crippen molar-refractivity contribution in [1.82, 2.24) is 4.72 Å². The fourth-order valence-corrected chi connectivity index (χ4v) is 3.27. The van der Waals surface area contributed by atoms with Crippen molar-refractivity contribution in [2.45, 2.75) is 11.8 Å². The van der Waals surface area contributed by atoms with E-state index in [0.717, 1.165) is 6.07 Å². The molecule has 0 fully saturated rings. The number of nitrogens with two attached hydrogens (primary N) is 1. The Bertz CT molecular complexity index is 594. The highest BCUT2D eigenvalue weighted by Gasteiger charge is 2.20. The number of terminal acetylenes is 1. The molecule has 3 N–H and O–H groups in total. The zero-order valence-electron chi connectivity index (χ0n) is 10.4. The van der Waals surface area contributed by atoms with Crippen LogP contribution in [0.15, 0.2) is 17.0 Å². The van der Waals surface area contributed by atoms with Crippen molar-refractivity contribution >= 4 is 27.5 Å². The van der Waals surface area contributed by atoms with Crippen molar-refractivity contribution in [3.63, 3.8) is 0 Å². The molecule has 0 radical (unpaired) electrons. The second-order valence-corrected chi connectivity index (χ2v) is 6.64. The minimum absolute atomic E-state index is 0.183. The molecular formula is C12H15FN2O2S2. The number of nitrogen functional groups attached to an aromatic ring is 1. The van der Waals surface area contributed by atoms with Crippen LogP contribution in [0, 0.1) is 25.1 Å². The average molecular weight is 302 g/mol. The zero-order chi connectivity index (χ0) is 14.5. The molecule has 0 unspecified atom stereocenters. The van der Waals surface area contributed by atoms with Gasteiger partial charge in [-0.05, 0) is 24.6 Å². The third kappa shape index (κ3) is 4.42. The van der Waals surface area contributed by atoms with Crippen molar-refractivity contribution in [1.29, 1.82) is 0 Å². The van der Waals surface area contributed by atoms with Gasteiger partial charge in [0.2, 0.25) is 10.0 Å². The van der Waals surface area contributed by atoms with E-state index in [1.54, 1.807) is 0 Å². The number of thioether (sulfide) groups is 1. The summed E-state index contributed by atoms with van der Waals surface area (Å²) in [5.74, 6) is 2.68. The van der Waals surface area contributed by atoms with E-state index < -0.39 is 20.7 Å².